The molecule has 7 nitrogen and oxygen atoms in total. The fraction of sp³-hybridized carbons (Fsp3) is 0.462. The van der Waals surface area contributed by atoms with Gasteiger partial charge in [0.15, 0.2) is 5.16 Å². The van der Waals surface area contributed by atoms with E-state index in [1.165, 1.54) is 33.5 Å². The van der Waals surface area contributed by atoms with E-state index in [1.54, 1.807) is 0 Å². The predicted molar refractivity (Wildman–Crippen MR) is 138 cm³/mol. The molecule has 1 aromatic carbocycles. The Morgan fingerprint density at radius 1 is 1.17 bits per heavy atom. The number of fused-ring (bicyclic) bond motifs is 1. The number of amides is 1. The molecule has 9 heteroatoms. The van der Waals surface area contributed by atoms with Crippen LogP contribution in [0, 0.1) is 0 Å². The quantitative estimate of drug-likeness (QED) is 0.326. The monoisotopic (exact) mass is 510 g/mol. The van der Waals surface area contributed by atoms with Gasteiger partial charge in [-0.05, 0) is 63.0 Å². The van der Waals surface area contributed by atoms with Crippen LogP contribution in [0.15, 0.2) is 35.5 Å². The molecule has 184 valence electrons. The Bertz CT molecular complexity index is 1230. The highest BCUT2D eigenvalue weighted by molar-refractivity contribution is 7.99. The van der Waals surface area contributed by atoms with E-state index >= 15 is 0 Å². The van der Waals surface area contributed by atoms with Crippen molar-refractivity contribution in [2.45, 2.75) is 69.0 Å². The largest absolute Gasteiger partial charge is 0.459 e. The summed E-state index contributed by atoms with van der Waals surface area (Å²) < 4.78 is 7.49. The van der Waals surface area contributed by atoms with Gasteiger partial charge in [0, 0.05) is 17.8 Å². The van der Waals surface area contributed by atoms with Gasteiger partial charge >= 0.3 is 5.97 Å². The fourth-order valence-corrected chi connectivity index (χ4v) is 6.77. The molecule has 0 bridgehead atoms. The normalized spacial score (nSPS) is 18.9. The van der Waals surface area contributed by atoms with Crippen LogP contribution in [0.1, 0.15) is 77.1 Å². The number of esters is 1. The van der Waals surface area contributed by atoms with Crippen LogP contribution < -0.4 is 5.32 Å². The van der Waals surface area contributed by atoms with Crippen molar-refractivity contribution >= 4 is 40.0 Å². The highest BCUT2D eigenvalue weighted by Crippen LogP contribution is 2.54. The second-order valence-corrected chi connectivity index (χ2v) is 11.5. The standard InChI is InChI=1S/C26H30N4O3S2/c1-15(2)33-25(32)22-17-11-7-8-12-20(17)35-24(22)27-21(31)14-34-26-29-28-23(30(26)3)19-13-18(19)16-9-5-4-6-10-16/h4-6,9-10,15,18-19H,7-8,11-14H2,1-3H3,(H,27,31). The molecule has 0 saturated heterocycles. The minimum Gasteiger partial charge on any atom is -0.459 e. The van der Waals surface area contributed by atoms with Crippen molar-refractivity contribution in [3.8, 4) is 0 Å². The molecule has 1 saturated carbocycles. The van der Waals surface area contributed by atoms with Crippen LogP contribution in [0.5, 0.6) is 0 Å². The molecular weight excluding hydrogens is 480 g/mol. The van der Waals surface area contributed by atoms with Crippen molar-refractivity contribution < 1.29 is 14.3 Å². The molecule has 2 aliphatic carbocycles. The summed E-state index contributed by atoms with van der Waals surface area (Å²) in [6.07, 6.45) is 4.81. The maximum atomic E-state index is 12.9. The van der Waals surface area contributed by atoms with Crippen molar-refractivity contribution in [1.29, 1.82) is 0 Å². The summed E-state index contributed by atoms with van der Waals surface area (Å²) in [4.78, 5) is 26.9. The molecule has 1 amide bonds. The van der Waals surface area contributed by atoms with Gasteiger partial charge in [-0.15, -0.1) is 21.5 Å². The van der Waals surface area contributed by atoms with Crippen molar-refractivity contribution in [3.05, 3.63) is 57.7 Å². The molecule has 0 spiro atoms. The van der Waals surface area contributed by atoms with Gasteiger partial charge in [-0.2, -0.15) is 0 Å². The fourth-order valence-electron chi connectivity index (χ4n) is 4.76. The Morgan fingerprint density at radius 3 is 2.71 bits per heavy atom. The molecule has 2 aromatic heterocycles. The average Bonchev–Trinajstić information content (AvgIpc) is 3.42. The number of rotatable bonds is 8. The first-order valence-electron chi connectivity index (χ1n) is 12.1. The lowest BCUT2D eigenvalue weighted by molar-refractivity contribution is -0.113. The second kappa shape index (κ2) is 10.1. The molecule has 5 rings (SSSR count). The van der Waals surface area contributed by atoms with Crippen LogP contribution in [0.25, 0.3) is 0 Å². The number of anilines is 1. The number of hydrogen-bond acceptors (Lipinski definition) is 7. The molecule has 2 aliphatic rings. The molecule has 2 atom stereocenters. The van der Waals surface area contributed by atoms with E-state index in [9.17, 15) is 9.59 Å². The summed E-state index contributed by atoms with van der Waals surface area (Å²) in [6, 6.07) is 10.5. The van der Waals surface area contributed by atoms with Gasteiger partial charge in [-0.3, -0.25) is 4.79 Å². The minimum atomic E-state index is -0.349. The van der Waals surface area contributed by atoms with E-state index in [-0.39, 0.29) is 23.7 Å². The lowest BCUT2D eigenvalue weighted by Crippen LogP contribution is -2.19. The summed E-state index contributed by atoms with van der Waals surface area (Å²) >= 11 is 2.87. The number of ether oxygens (including phenoxy) is 1. The maximum absolute atomic E-state index is 12.9. The van der Waals surface area contributed by atoms with Crippen LogP contribution in [-0.2, 0) is 29.4 Å². The molecule has 0 aliphatic heterocycles. The Morgan fingerprint density at radius 2 is 1.94 bits per heavy atom. The number of nitrogens with zero attached hydrogens (tertiary/aromatic N) is 3. The Hall–Kier alpha value is -2.65. The van der Waals surface area contributed by atoms with Gasteiger partial charge in [0.1, 0.15) is 10.8 Å². The maximum Gasteiger partial charge on any atom is 0.341 e. The number of hydrogen-bond donors (Lipinski definition) is 1. The first-order valence-corrected chi connectivity index (χ1v) is 13.9. The summed E-state index contributed by atoms with van der Waals surface area (Å²) in [5.74, 6) is 1.49. The van der Waals surface area contributed by atoms with Gasteiger partial charge in [-0.25, -0.2) is 4.79 Å². The first kappa shape index (κ1) is 24.1. The second-order valence-electron chi connectivity index (χ2n) is 9.47. The SMILES string of the molecule is CC(C)OC(=O)c1c(NC(=O)CSc2nnc(C3CC3c3ccccc3)n2C)sc2c1CCCC2. The van der Waals surface area contributed by atoms with Gasteiger partial charge in [0.25, 0.3) is 0 Å². The number of aryl methyl sites for hydroxylation is 1. The number of nitrogens with one attached hydrogen (secondary N) is 1. The van der Waals surface area contributed by atoms with Crippen molar-refractivity contribution in [2.75, 3.05) is 11.1 Å². The molecule has 3 aromatic rings. The van der Waals surface area contributed by atoms with Crippen molar-refractivity contribution in [1.82, 2.24) is 14.8 Å². The van der Waals surface area contributed by atoms with Crippen LogP contribution >= 0.6 is 23.1 Å². The highest BCUT2D eigenvalue weighted by atomic mass is 32.2. The zero-order valence-electron chi connectivity index (χ0n) is 20.2. The van der Waals surface area contributed by atoms with Gasteiger partial charge in [-0.1, -0.05) is 42.1 Å². The van der Waals surface area contributed by atoms with E-state index in [1.807, 2.05) is 31.5 Å². The van der Waals surface area contributed by atoms with Crippen LogP contribution in [0.2, 0.25) is 0 Å². The van der Waals surface area contributed by atoms with Gasteiger partial charge in [0.05, 0.1) is 17.4 Å². The minimum absolute atomic E-state index is 0.162. The average molecular weight is 511 g/mol. The third-order valence-corrected chi connectivity index (χ3v) is 8.75. The Balaban J connectivity index is 1.24. The molecule has 2 unspecified atom stereocenters. The third-order valence-electron chi connectivity index (χ3n) is 6.52. The van der Waals surface area contributed by atoms with E-state index in [0.29, 0.717) is 22.4 Å². The molecule has 1 N–H and O–H groups in total. The third kappa shape index (κ3) is 5.16. The van der Waals surface area contributed by atoms with E-state index in [0.717, 1.165) is 48.6 Å². The lowest BCUT2D eigenvalue weighted by atomic mass is 9.95. The number of thioether (sulfide) groups is 1. The molecule has 35 heavy (non-hydrogen) atoms. The number of benzene rings is 1. The smallest absolute Gasteiger partial charge is 0.341 e. The van der Waals surface area contributed by atoms with Crippen molar-refractivity contribution in [3.63, 3.8) is 0 Å². The number of aromatic nitrogens is 3. The summed E-state index contributed by atoms with van der Waals surface area (Å²) in [6.45, 7) is 3.68. The predicted octanol–water partition coefficient (Wildman–Crippen LogP) is 5.32. The zero-order chi connectivity index (χ0) is 24.5. The number of carbonyl (C=O) groups excluding carboxylic acids is 2. The highest BCUT2D eigenvalue weighted by Gasteiger charge is 2.43. The Kier molecular flexibility index (Phi) is 6.98. The zero-order valence-corrected chi connectivity index (χ0v) is 21.9. The molecule has 0 radical (unpaired) electrons. The van der Waals surface area contributed by atoms with E-state index in [2.05, 4.69) is 39.8 Å². The van der Waals surface area contributed by atoms with Crippen LogP contribution in [0.3, 0.4) is 0 Å². The van der Waals surface area contributed by atoms with E-state index < -0.39 is 0 Å². The van der Waals surface area contributed by atoms with Gasteiger partial charge < -0.3 is 14.6 Å². The Labute approximate surface area is 213 Å². The number of thiophene rings is 1. The van der Waals surface area contributed by atoms with Gasteiger partial charge in [0.2, 0.25) is 5.91 Å². The van der Waals surface area contributed by atoms with E-state index in [4.69, 9.17) is 4.74 Å². The molecule has 1 fully saturated rings. The number of carbonyl (C=O) groups is 2. The summed E-state index contributed by atoms with van der Waals surface area (Å²) in [5.41, 5.74) is 2.92. The topological polar surface area (TPSA) is 86.1 Å². The van der Waals surface area contributed by atoms with Crippen molar-refractivity contribution in [2.24, 2.45) is 7.05 Å². The summed E-state index contributed by atoms with van der Waals surface area (Å²) in [5, 5.41) is 13.1. The molecule has 2 heterocycles. The van der Waals surface area contributed by atoms with Crippen LogP contribution in [0.4, 0.5) is 5.00 Å². The van der Waals surface area contributed by atoms with Crippen LogP contribution in [-0.4, -0.2) is 38.5 Å². The lowest BCUT2D eigenvalue weighted by Gasteiger charge is -2.14. The summed E-state index contributed by atoms with van der Waals surface area (Å²) in [7, 11) is 1.96. The molecular formula is C26H30N4O3S2. The first-order chi connectivity index (χ1) is 16.9.